The van der Waals surface area contributed by atoms with E-state index >= 15 is 0 Å². The highest BCUT2D eigenvalue weighted by Gasteiger charge is 2.16. The van der Waals surface area contributed by atoms with E-state index in [9.17, 15) is 4.79 Å². The summed E-state index contributed by atoms with van der Waals surface area (Å²) < 4.78 is 0. The predicted molar refractivity (Wildman–Crippen MR) is 105 cm³/mol. The Labute approximate surface area is 158 Å². The van der Waals surface area contributed by atoms with Crippen molar-refractivity contribution in [3.05, 3.63) is 40.0 Å². The number of aliphatic carboxylic acids is 1. The fraction of sp³-hybridized carbons (Fsp3) is 0.550. The Morgan fingerprint density at radius 3 is 2.96 bits per heavy atom. The zero-order valence-corrected chi connectivity index (χ0v) is 15.9. The van der Waals surface area contributed by atoms with Gasteiger partial charge >= 0.3 is 5.97 Å². The van der Waals surface area contributed by atoms with E-state index in [0.29, 0.717) is 0 Å². The zero-order valence-electron chi connectivity index (χ0n) is 15.1. The van der Waals surface area contributed by atoms with Crippen LogP contribution in [0.15, 0.2) is 23.8 Å². The van der Waals surface area contributed by atoms with Gasteiger partial charge in [-0.25, -0.2) is 4.98 Å². The highest BCUT2D eigenvalue weighted by atomic mass is 32.1. The molecule has 0 aromatic carbocycles. The molecule has 6 heteroatoms. The molecule has 1 unspecified atom stereocenters. The number of rotatable bonds is 10. The number of pyridine rings is 1. The third-order valence-corrected chi connectivity index (χ3v) is 5.90. The number of unbranched alkanes of at least 4 members (excludes halogenated alkanes) is 3. The van der Waals surface area contributed by atoms with Crippen LogP contribution in [0.3, 0.4) is 0 Å². The van der Waals surface area contributed by atoms with Gasteiger partial charge in [-0.1, -0.05) is 25.3 Å². The summed E-state index contributed by atoms with van der Waals surface area (Å²) in [6.07, 6.45) is 10.8. The minimum absolute atomic E-state index is 0.105. The number of aryl methyl sites for hydroxylation is 2. The van der Waals surface area contributed by atoms with Crippen LogP contribution in [0.2, 0.25) is 0 Å². The smallest absolute Gasteiger partial charge is 0.303 e. The number of carboxylic acids is 1. The lowest BCUT2D eigenvalue weighted by Gasteiger charge is -2.17. The third kappa shape index (κ3) is 5.53. The molecule has 3 rings (SSSR count). The van der Waals surface area contributed by atoms with Crippen molar-refractivity contribution in [3.8, 4) is 0 Å². The van der Waals surface area contributed by atoms with Crippen LogP contribution < -0.4 is 5.32 Å². The van der Waals surface area contributed by atoms with Crippen LogP contribution in [0, 0.1) is 0 Å². The van der Waals surface area contributed by atoms with E-state index in [1.165, 1.54) is 17.7 Å². The minimum atomic E-state index is -0.726. The molecule has 2 N–H and O–H groups in total. The lowest BCUT2D eigenvalue weighted by atomic mass is 9.96. The first-order chi connectivity index (χ1) is 12.7. The number of thiazole rings is 1. The Morgan fingerprint density at radius 1 is 1.27 bits per heavy atom. The molecule has 0 radical (unpaired) electrons. The number of anilines is 1. The summed E-state index contributed by atoms with van der Waals surface area (Å²) in [4.78, 5) is 21.0. The number of carboxylic acid groups (broad SMARTS) is 1. The fourth-order valence-corrected chi connectivity index (χ4v) is 4.30. The minimum Gasteiger partial charge on any atom is -0.481 e. The highest BCUT2D eigenvalue weighted by Crippen LogP contribution is 2.29. The Hall–Kier alpha value is -1.95. The van der Waals surface area contributed by atoms with Crippen molar-refractivity contribution < 1.29 is 9.90 Å². The molecule has 0 aliphatic carbocycles. The van der Waals surface area contributed by atoms with Crippen molar-refractivity contribution in [1.82, 2.24) is 9.97 Å². The molecule has 1 aliphatic heterocycles. The van der Waals surface area contributed by atoms with Gasteiger partial charge in [0.15, 0.2) is 0 Å². The molecule has 140 valence electrons. The van der Waals surface area contributed by atoms with Gasteiger partial charge < -0.3 is 10.4 Å². The topological polar surface area (TPSA) is 75.1 Å². The van der Waals surface area contributed by atoms with Crippen molar-refractivity contribution >= 4 is 23.1 Å². The molecule has 1 aliphatic rings. The molecule has 2 aromatic rings. The molecule has 0 spiro atoms. The summed E-state index contributed by atoms with van der Waals surface area (Å²) in [5, 5.41) is 12.5. The van der Waals surface area contributed by atoms with Crippen molar-refractivity contribution in [3.63, 3.8) is 0 Å². The fourth-order valence-electron chi connectivity index (χ4n) is 3.54. The van der Waals surface area contributed by atoms with Crippen molar-refractivity contribution in [1.29, 1.82) is 0 Å². The number of nitrogens with one attached hydrogen (secondary N) is 1. The first kappa shape index (κ1) is 18.8. The SMILES string of the molecule is O=C(O)CC(CCCCCCc1ccc2c(n1)NCCC2)c1cncs1. The van der Waals surface area contributed by atoms with E-state index in [0.717, 1.165) is 62.2 Å². The summed E-state index contributed by atoms with van der Waals surface area (Å²) in [7, 11) is 0. The molecular weight excluding hydrogens is 346 g/mol. The van der Waals surface area contributed by atoms with Gasteiger partial charge in [0.2, 0.25) is 0 Å². The molecule has 5 nitrogen and oxygen atoms in total. The Balaban J connectivity index is 1.36. The monoisotopic (exact) mass is 373 g/mol. The van der Waals surface area contributed by atoms with E-state index in [1.54, 1.807) is 16.8 Å². The second-order valence-electron chi connectivity index (χ2n) is 6.99. The van der Waals surface area contributed by atoms with Crippen LogP contribution >= 0.6 is 11.3 Å². The number of nitrogens with zero attached hydrogens (tertiary/aromatic N) is 2. The first-order valence-electron chi connectivity index (χ1n) is 9.55. The van der Waals surface area contributed by atoms with Gasteiger partial charge in [-0.3, -0.25) is 9.78 Å². The summed E-state index contributed by atoms with van der Waals surface area (Å²) in [5.41, 5.74) is 4.30. The van der Waals surface area contributed by atoms with Gasteiger partial charge in [0.05, 0.1) is 11.9 Å². The maximum Gasteiger partial charge on any atom is 0.303 e. The molecule has 26 heavy (non-hydrogen) atoms. The van der Waals surface area contributed by atoms with Crippen molar-refractivity contribution in [2.75, 3.05) is 11.9 Å². The Bertz CT molecular complexity index is 703. The Morgan fingerprint density at radius 2 is 2.15 bits per heavy atom. The summed E-state index contributed by atoms with van der Waals surface area (Å²) >= 11 is 1.56. The molecule has 1 atom stereocenters. The number of fused-ring (bicyclic) bond motifs is 1. The van der Waals surface area contributed by atoms with Crippen LogP contribution in [0.25, 0.3) is 0 Å². The number of aromatic nitrogens is 2. The van der Waals surface area contributed by atoms with E-state index in [1.807, 2.05) is 6.20 Å². The van der Waals surface area contributed by atoms with E-state index in [2.05, 4.69) is 22.4 Å². The molecule has 0 saturated carbocycles. The molecule has 0 fully saturated rings. The average Bonchev–Trinajstić information content (AvgIpc) is 3.18. The largest absolute Gasteiger partial charge is 0.481 e. The molecule has 0 saturated heterocycles. The standard InChI is InChI=1S/C20H27N3O2S/c24-19(25)12-16(18-13-21-14-26-18)6-3-1-2-4-8-17-10-9-15-7-5-11-22-20(15)23-17/h9-10,13-14,16H,1-8,11-12H2,(H,22,23)(H,24,25). The molecule has 2 aromatic heterocycles. The highest BCUT2D eigenvalue weighted by molar-refractivity contribution is 7.09. The molecule has 0 amide bonds. The maximum atomic E-state index is 11.1. The average molecular weight is 374 g/mol. The second kappa shape index (κ2) is 9.67. The van der Waals surface area contributed by atoms with E-state index < -0.39 is 5.97 Å². The lowest BCUT2D eigenvalue weighted by Crippen LogP contribution is -2.13. The van der Waals surface area contributed by atoms with Crippen LogP contribution in [0.5, 0.6) is 0 Å². The predicted octanol–water partition coefficient (Wildman–Crippen LogP) is 4.65. The maximum absolute atomic E-state index is 11.1. The van der Waals surface area contributed by atoms with Crippen LogP contribution in [0.4, 0.5) is 5.82 Å². The van der Waals surface area contributed by atoms with Crippen molar-refractivity contribution in [2.24, 2.45) is 0 Å². The van der Waals surface area contributed by atoms with Gasteiger partial charge in [-0.2, -0.15) is 0 Å². The molecular formula is C20H27N3O2S. The van der Waals surface area contributed by atoms with E-state index in [4.69, 9.17) is 10.1 Å². The van der Waals surface area contributed by atoms with Gasteiger partial charge in [-0.05, 0) is 43.7 Å². The Kier molecular flexibility index (Phi) is 7.00. The van der Waals surface area contributed by atoms with Crippen LogP contribution in [0.1, 0.15) is 67.0 Å². The zero-order chi connectivity index (χ0) is 18.2. The molecule has 0 bridgehead atoms. The van der Waals surface area contributed by atoms with Gasteiger partial charge in [0.1, 0.15) is 5.82 Å². The van der Waals surface area contributed by atoms with Gasteiger partial charge in [0, 0.05) is 29.2 Å². The number of hydrogen-bond acceptors (Lipinski definition) is 5. The number of carbonyl (C=O) groups is 1. The van der Waals surface area contributed by atoms with Crippen molar-refractivity contribution in [2.45, 2.75) is 63.7 Å². The number of hydrogen-bond donors (Lipinski definition) is 2. The quantitative estimate of drug-likeness (QED) is 0.593. The summed E-state index contributed by atoms with van der Waals surface area (Å²) in [6.45, 7) is 1.03. The molecule has 3 heterocycles. The lowest BCUT2D eigenvalue weighted by molar-refractivity contribution is -0.137. The third-order valence-electron chi connectivity index (χ3n) is 4.96. The van der Waals surface area contributed by atoms with Gasteiger partial charge in [-0.15, -0.1) is 11.3 Å². The second-order valence-corrected chi connectivity index (χ2v) is 7.91. The normalized spacial score (nSPS) is 14.5. The van der Waals surface area contributed by atoms with Gasteiger partial charge in [0.25, 0.3) is 0 Å². The first-order valence-corrected chi connectivity index (χ1v) is 10.4. The summed E-state index contributed by atoms with van der Waals surface area (Å²) in [5.74, 6) is 0.457. The van der Waals surface area contributed by atoms with Crippen LogP contribution in [-0.2, 0) is 17.6 Å². The van der Waals surface area contributed by atoms with E-state index in [-0.39, 0.29) is 12.3 Å². The van der Waals surface area contributed by atoms with Crippen LogP contribution in [-0.4, -0.2) is 27.6 Å². The summed E-state index contributed by atoms with van der Waals surface area (Å²) in [6, 6.07) is 4.38.